The van der Waals surface area contributed by atoms with Crippen molar-refractivity contribution >= 4 is 34.8 Å². The predicted octanol–water partition coefficient (Wildman–Crippen LogP) is 1.74. The minimum atomic E-state index is -4.58. The molecule has 0 aliphatic carbocycles. The molecule has 1 aromatic heterocycles. The van der Waals surface area contributed by atoms with Gasteiger partial charge in [-0.3, -0.25) is 14.0 Å². The predicted molar refractivity (Wildman–Crippen MR) is 84.9 cm³/mol. The van der Waals surface area contributed by atoms with Crippen LogP contribution in [0.25, 0.3) is 0 Å². The average molecular weight is 401 g/mol. The molecule has 0 aliphatic rings. The molecule has 2 unspecified atom stereocenters. The van der Waals surface area contributed by atoms with Gasteiger partial charge in [-0.05, 0) is 6.92 Å². The highest BCUT2D eigenvalue weighted by molar-refractivity contribution is 7.79. The van der Waals surface area contributed by atoms with E-state index in [1.807, 2.05) is 0 Å². The van der Waals surface area contributed by atoms with Crippen LogP contribution < -0.4 is 10.1 Å². The van der Waals surface area contributed by atoms with E-state index in [1.54, 1.807) is 0 Å². The van der Waals surface area contributed by atoms with Crippen LogP contribution in [0.15, 0.2) is 17.3 Å². The number of hydrogen-bond acceptors (Lipinski definition) is 6. The van der Waals surface area contributed by atoms with Gasteiger partial charge in [0.1, 0.15) is 16.5 Å². The average Bonchev–Trinajstić information content (AvgIpc) is 2.44. The second-order valence-electron chi connectivity index (χ2n) is 5.11. The number of nitrogens with zero attached hydrogens (tertiary/aromatic N) is 2. The Morgan fingerprint density at radius 1 is 1.56 bits per heavy atom. The number of carbonyl (C=O) groups is 1. The molecule has 0 aromatic carbocycles. The summed E-state index contributed by atoms with van der Waals surface area (Å²) in [4.78, 5) is 19.6. The first-order chi connectivity index (χ1) is 11.5. The number of ether oxygens (including phenoxy) is 1. The lowest BCUT2D eigenvalue weighted by Gasteiger charge is -2.27. The van der Waals surface area contributed by atoms with E-state index < -0.39 is 41.1 Å². The summed E-state index contributed by atoms with van der Waals surface area (Å²) < 4.78 is 63.0. The fourth-order valence-electron chi connectivity index (χ4n) is 1.77. The van der Waals surface area contributed by atoms with Gasteiger partial charge >= 0.3 is 6.18 Å². The summed E-state index contributed by atoms with van der Waals surface area (Å²) in [6.45, 7) is -0.183. The SMILES string of the molecule is CN=CC(C)(CS(=O)[O-])NC(=O)c1cc(OCC(F)(F)F)c(Cl)cn1. The third-order valence-corrected chi connectivity index (χ3v) is 3.79. The Morgan fingerprint density at radius 3 is 2.72 bits per heavy atom. The summed E-state index contributed by atoms with van der Waals surface area (Å²) in [5.41, 5.74) is -1.62. The highest BCUT2D eigenvalue weighted by atomic mass is 35.5. The molecule has 0 fully saturated rings. The number of rotatable bonds is 7. The van der Waals surface area contributed by atoms with Crippen molar-refractivity contribution in [3.8, 4) is 5.75 Å². The molecule has 0 saturated heterocycles. The molecule has 0 spiro atoms. The number of alkyl halides is 3. The summed E-state index contributed by atoms with van der Waals surface area (Å²) in [7, 11) is 1.39. The third-order valence-electron chi connectivity index (χ3n) is 2.67. The molecule has 1 aromatic rings. The Kier molecular flexibility index (Phi) is 7.32. The topological polar surface area (TPSA) is 104 Å². The lowest BCUT2D eigenvalue weighted by atomic mass is 10.1. The van der Waals surface area contributed by atoms with Crippen LogP contribution in [0.1, 0.15) is 17.4 Å². The Balaban J connectivity index is 2.99. The Morgan fingerprint density at radius 2 is 2.20 bits per heavy atom. The van der Waals surface area contributed by atoms with Crippen LogP contribution in [0.2, 0.25) is 5.02 Å². The first kappa shape index (κ1) is 21.3. The first-order valence-corrected chi connectivity index (χ1v) is 8.25. The molecule has 0 bridgehead atoms. The molecule has 1 heterocycles. The molecule has 0 radical (unpaired) electrons. The highest BCUT2D eigenvalue weighted by Gasteiger charge is 2.30. The fourth-order valence-corrected chi connectivity index (χ4v) is 2.57. The molecular formula is C13H14ClF3N3O4S-. The van der Waals surface area contributed by atoms with Crippen LogP contribution in [-0.2, 0) is 11.1 Å². The zero-order valence-corrected chi connectivity index (χ0v) is 14.7. The maximum atomic E-state index is 12.2. The van der Waals surface area contributed by atoms with Crippen LogP contribution in [-0.4, -0.2) is 57.0 Å². The third kappa shape index (κ3) is 7.36. The number of aliphatic imine (C=N–C) groups is 1. The Labute approximate surface area is 148 Å². The molecule has 1 rings (SSSR count). The summed E-state index contributed by atoms with van der Waals surface area (Å²) >= 11 is 3.21. The maximum absolute atomic E-state index is 12.2. The van der Waals surface area contributed by atoms with Gasteiger partial charge in [0.25, 0.3) is 5.91 Å². The van der Waals surface area contributed by atoms with Crippen molar-refractivity contribution in [2.45, 2.75) is 18.6 Å². The molecule has 12 heteroatoms. The van der Waals surface area contributed by atoms with Crippen molar-refractivity contribution in [2.24, 2.45) is 4.99 Å². The number of amides is 1. The fraction of sp³-hybridized carbons (Fsp3) is 0.462. The van der Waals surface area contributed by atoms with Gasteiger partial charge in [0.15, 0.2) is 6.61 Å². The molecule has 1 amide bonds. The largest absolute Gasteiger partial charge is 0.772 e. The van der Waals surface area contributed by atoms with Gasteiger partial charge in [-0.25, -0.2) is 4.98 Å². The van der Waals surface area contributed by atoms with E-state index in [0.29, 0.717) is 0 Å². The zero-order valence-electron chi connectivity index (χ0n) is 13.1. The minimum absolute atomic E-state index is 0.209. The monoisotopic (exact) mass is 400 g/mol. The lowest BCUT2D eigenvalue weighted by Crippen LogP contribution is -2.51. The van der Waals surface area contributed by atoms with Gasteiger partial charge in [-0.1, -0.05) is 22.7 Å². The Bertz CT molecular complexity index is 687. The van der Waals surface area contributed by atoms with Gasteiger partial charge in [0.05, 0.1) is 11.7 Å². The summed E-state index contributed by atoms with van der Waals surface area (Å²) in [6, 6.07) is 0.932. The standard InChI is InChI=1S/C13H15ClF3N3O4S/c1-12(5-18-2,7-25(22)23)20-11(21)9-3-10(8(14)4-19-9)24-6-13(15,16)17/h3-5H,6-7H2,1-2H3,(H,20,21)(H,22,23)/p-1. The molecule has 0 aliphatic heterocycles. The Hall–Kier alpha value is -1.72. The zero-order chi connectivity index (χ0) is 19.3. The first-order valence-electron chi connectivity index (χ1n) is 6.62. The van der Waals surface area contributed by atoms with E-state index in [2.05, 4.69) is 20.0 Å². The number of halogens is 4. The summed E-state index contributed by atoms with van der Waals surface area (Å²) in [5.74, 6) is -1.67. The number of carbonyl (C=O) groups excluding carboxylic acids is 1. The molecule has 7 nitrogen and oxygen atoms in total. The van der Waals surface area contributed by atoms with E-state index >= 15 is 0 Å². The normalized spacial score (nSPS) is 15.6. The van der Waals surface area contributed by atoms with Gasteiger partial charge in [0.2, 0.25) is 0 Å². The molecule has 2 atom stereocenters. The molecule has 0 saturated carbocycles. The second-order valence-corrected chi connectivity index (χ2v) is 6.41. The summed E-state index contributed by atoms with van der Waals surface area (Å²) in [5, 5.41) is 2.19. The molecule has 1 N–H and O–H groups in total. The number of hydrogen-bond donors (Lipinski definition) is 1. The quantitative estimate of drug-likeness (QED) is 0.554. The van der Waals surface area contributed by atoms with Crippen LogP contribution >= 0.6 is 11.6 Å². The van der Waals surface area contributed by atoms with Crippen LogP contribution in [0, 0.1) is 0 Å². The minimum Gasteiger partial charge on any atom is -0.772 e. The van der Waals surface area contributed by atoms with Gasteiger partial charge in [-0.15, -0.1) is 0 Å². The van der Waals surface area contributed by atoms with E-state index in [0.717, 1.165) is 12.3 Å². The van der Waals surface area contributed by atoms with Crippen molar-refractivity contribution < 1.29 is 31.5 Å². The number of nitrogens with one attached hydrogen (secondary N) is 1. The lowest BCUT2D eigenvalue weighted by molar-refractivity contribution is -0.153. The summed E-state index contributed by atoms with van der Waals surface area (Å²) in [6.07, 6.45) is -2.40. The van der Waals surface area contributed by atoms with Crippen LogP contribution in [0.5, 0.6) is 5.75 Å². The van der Waals surface area contributed by atoms with E-state index in [4.69, 9.17) is 11.6 Å². The number of aromatic nitrogens is 1. The molecule has 25 heavy (non-hydrogen) atoms. The van der Waals surface area contributed by atoms with Gasteiger partial charge < -0.3 is 14.6 Å². The van der Waals surface area contributed by atoms with E-state index in [9.17, 15) is 26.7 Å². The van der Waals surface area contributed by atoms with E-state index in [1.165, 1.54) is 20.2 Å². The second kappa shape index (κ2) is 8.59. The van der Waals surface area contributed by atoms with Crippen LogP contribution in [0.3, 0.4) is 0 Å². The smallest absolute Gasteiger partial charge is 0.422 e. The van der Waals surface area contributed by atoms with Crippen molar-refractivity contribution in [1.82, 2.24) is 10.3 Å². The van der Waals surface area contributed by atoms with Gasteiger partial charge in [-0.2, -0.15) is 13.2 Å². The van der Waals surface area contributed by atoms with Crippen molar-refractivity contribution in [3.63, 3.8) is 0 Å². The van der Waals surface area contributed by atoms with Crippen molar-refractivity contribution in [1.29, 1.82) is 0 Å². The maximum Gasteiger partial charge on any atom is 0.422 e. The number of pyridine rings is 1. The van der Waals surface area contributed by atoms with Crippen molar-refractivity contribution in [3.05, 3.63) is 23.0 Å². The van der Waals surface area contributed by atoms with Crippen molar-refractivity contribution in [2.75, 3.05) is 19.4 Å². The molecular weight excluding hydrogens is 387 g/mol. The highest BCUT2D eigenvalue weighted by Crippen LogP contribution is 2.26. The van der Waals surface area contributed by atoms with Gasteiger partial charge in [0, 0.05) is 25.1 Å². The van der Waals surface area contributed by atoms with E-state index in [-0.39, 0.29) is 16.5 Å². The molecule has 140 valence electrons. The van der Waals surface area contributed by atoms with Crippen LogP contribution in [0.4, 0.5) is 13.2 Å².